The molecule has 0 fully saturated rings. The Hall–Kier alpha value is -4.06. The summed E-state index contributed by atoms with van der Waals surface area (Å²) in [6.07, 6.45) is 3.89. The van der Waals surface area contributed by atoms with E-state index in [2.05, 4.69) is 38.9 Å². The van der Waals surface area contributed by atoms with Gasteiger partial charge in [0.15, 0.2) is 0 Å². The van der Waals surface area contributed by atoms with Crippen LogP contribution in [0.3, 0.4) is 0 Å². The number of methoxy groups -OCH3 is 1. The number of aryl methyl sites for hydroxylation is 1. The number of carbonyl (C=O) groups is 4. The molecule has 40 heavy (non-hydrogen) atoms. The van der Waals surface area contributed by atoms with Gasteiger partial charge in [-0.05, 0) is 49.4 Å². The maximum Gasteiger partial charge on any atom is 0.328 e. The van der Waals surface area contributed by atoms with Crippen LogP contribution in [0.4, 0.5) is 0 Å². The summed E-state index contributed by atoms with van der Waals surface area (Å²) < 4.78 is 10.3. The lowest BCUT2D eigenvalue weighted by atomic mass is 9.99. The molecule has 1 aromatic carbocycles. The zero-order valence-corrected chi connectivity index (χ0v) is 23.9. The Morgan fingerprint density at radius 3 is 2.33 bits per heavy atom. The number of aliphatic imine (C=N–C) groups is 1. The lowest BCUT2D eigenvalue weighted by molar-refractivity contribution is -0.145. The lowest BCUT2D eigenvalue weighted by Gasteiger charge is -2.25. The maximum atomic E-state index is 13.4. The van der Waals surface area contributed by atoms with E-state index >= 15 is 0 Å². The van der Waals surface area contributed by atoms with Crippen molar-refractivity contribution in [1.82, 2.24) is 20.8 Å². The van der Waals surface area contributed by atoms with Crippen LogP contribution in [0.15, 0.2) is 48.5 Å². The first-order valence-corrected chi connectivity index (χ1v) is 13.0. The van der Waals surface area contributed by atoms with E-state index in [-0.39, 0.29) is 31.8 Å². The van der Waals surface area contributed by atoms with Crippen LogP contribution in [0.1, 0.15) is 37.3 Å². The molecule has 1 rings (SSSR count). The minimum absolute atomic E-state index is 0.00504. The highest BCUT2D eigenvalue weighted by Crippen LogP contribution is 2.19. The van der Waals surface area contributed by atoms with Gasteiger partial charge in [-0.15, -0.1) is 6.58 Å². The molecule has 0 spiro atoms. The van der Waals surface area contributed by atoms with Crippen molar-refractivity contribution in [2.24, 2.45) is 10.7 Å². The first-order valence-electron chi connectivity index (χ1n) is 12.6. The number of amides is 3. The molecule has 0 aromatic heterocycles. The highest BCUT2D eigenvalue weighted by atomic mass is 35.5. The van der Waals surface area contributed by atoms with Gasteiger partial charge >= 0.3 is 5.97 Å². The van der Waals surface area contributed by atoms with Crippen LogP contribution in [-0.2, 0) is 30.3 Å². The van der Waals surface area contributed by atoms with Crippen LogP contribution in [0.5, 0.6) is 5.75 Å². The molecule has 0 unspecified atom stereocenters. The number of hydrogen-bond donors (Lipinski definition) is 5. The number of rotatable bonds is 17. The van der Waals surface area contributed by atoms with E-state index in [0.717, 1.165) is 11.1 Å². The molecular formula is C27H39ClN6O6. The van der Waals surface area contributed by atoms with Crippen molar-refractivity contribution in [3.63, 3.8) is 0 Å². The quantitative estimate of drug-likeness (QED) is 0.0457. The van der Waals surface area contributed by atoms with Crippen LogP contribution in [0, 0.1) is 6.92 Å². The Balaban J connectivity index is 3.15. The molecule has 1 aromatic rings. The van der Waals surface area contributed by atoms with Crippen LogP contribution >= 0.6 is 11.8 Å². The number of halogens is 1. The Bertz CT molecular complexity index is 1080. The predicted molar refractivity (Wildman–Crippen MR) is 154 cm³/mol. The van der Waals surface area contributed by atoms with E-state index in [1.807, 2.05) is 19.1 Å². The standard InChI is InChI=1S/C27H39ClN6O6/c1-6-9-22(26(38)39-5)33-24(36)21(10-8-13-30-27(29)34-28)32-25(37)23(31-18(4)35)16-19-11-12-20(15-17(19)3)40-14-7-2/h6-7,11-12,15,21-23H,1-2,8-10,13-14,16H2,3-5H3,(H,31,35)(H,32,37)(H,33,36)(H3,29,30,34)/t21-,22-,23+/m1/s1. The summed E-state index contributed by atoms with van der Waals surface area (Å²) in [6.45, 7) is 11.0. The normalized spacial score (nSPS) is 13.2. The Labute approximate surface area is 239 Å². The second-order valence-corrected chi connectivity index (χ2v) is 9.01. The van der Waals surface area contributed by atoms with Crippen LogP contribution < -0.4 is 31.3 Å². The fourth-order valence-corrected chi connectivity index (χ4v) is 3.74. The summed E-state index contributed by atoms with van der Waals surface area (Å²) in [7, 11) is 1.20. The van der Waals surface area contributed by atoms with E-state index in [4.69, 9.17) is 27.0 Å². The number of nitrogens with one attached hydrogen (secondary N) is 4. The second kappa shape index (κ2) is 18.3. The summed E-state index contributed by atoms with van der Waals surface area (Å²) in [4.78, 5) is 56.8. The summed E-state index contributed by atoms with van der Waals surface area (Å²) in [6, 6.07) is 2.37. The van der Waals surface area contributed by atoms with Gasteiger partial charge in [-0.2, -0.15) is 0 Å². The van der Waals surface area contributed by atoms with Crippen molar-refractivity contribution >= 4 is 41.4 Å². The average Bonchev–Trinajstić information content (AvgIpc) is 2.92. The summed E-state index contributed by atoms with van der Waals surface area (Å²) >= 11 is 5.40. The van der Waals surface area contributed by atoms with Crippen molar-refractivity contribution < 1.29 is 28.7 Å². The molecule has 0 aliphatic heterocycles. The molecule has 6 N–H and O–H groups in total. The third kappa shape index (κ3) is 12.2. The Kier molecular flexibility index (Phi) is 15.5. The molecule has 0 heterocycles. The third-order valence-electron chi connectivity index (χ3n) is 5.67. The number of nitrogens with zero attached hydrogens (tertiary/aromatic N) is 1. The molecule has 3 amide bonds. The molecule has 0 bridgehead atoms. The van der Waals surface area contributed by atoms with Gasteiger partial charge in [-0.25, -0.2) is 4.79 Å². The van der Waals surface area contributed by atoms with Crippen LogP contribution in [0.25, 0.3) is 0 Å². The number of benzene rings is 1. The zero-order chi connectivity index (χ0) is 30.1. The molecule has 0 radical (unpaired) electrons. The number of ether oxygens (including phenoxy) is 2. The van der Waals surface area contributed by atoms with Gasteiger partial charge in [0, 0.05) is 31.7 Å². The SMILES string of the molecule is C=CCOc1ccc(C[C@H](NC(C)=O)C(=O)N[C@H](CCCN=C(N)NCl)C(=O)N[C@H](CC=C)C(=O)OC)c(C)c1. The summed E-state index contributed by atoms with van der Waals surface area (Å²) in [5.41, 5.74) is 7.18. The van der Waals surface area contributed by atoms with Crippen molar-refractivity contribution in [2.75, 3.05) is 20.3 Å². The number of guanidine groups is 1. The van der Waals surface area contributed by atoms with Crippen molar-refractivity contribution in [2.45, 2.75) is 57.7 Å². The van der Waals surface area contributed by atoms with Gasteiger partial charge in [0.05, 0.1) is 7.11 Å². The second-order valence-electron chi connectivity index (χ2n) is 8.82. The van der Waals surface area contributed by atoms with Crippen molar-refractivity contribution in [1.29, 1.82) is 0 Å². The average molecular weight is 579 g/mol. The highest BCUT2D eigenvalue weighted by molar-refractivity contribution is 6.21. The van der Waals surface area contributed by atoms with E-state index in [0.29, 0.717) is 18.8 Å². The Morgan fingerprint density at radius 2 is 1.75 bits per heavy atom. The number of carbonyl (C=O) groups excluding carboxylic acids is 4. The number of hydrogen-bond acceptors (Lipinski definition) is 7. The third-order valence-corrected chi connectivity index (χ3v) is 5.86. The number of esters is 1. The van der Waals surface area contributed by atoms with E-state index in [1.54, 1.807) is 12.1 Å². The molecule has 0 aliphatic carbocycles. The topological polar surface area (TPSA) is 173 Å². The van der Waals surface area contributed by atoms with Crippen molar-refractivity contribution in [3.05, 3.63) is 54.6 Å². The van der Waals surface area contributed by atoms with Crippen LogP contribution in [-0.4, -0.2) is 68.0 Å². The van der Waals surface area contributed by atoms with E-state index < -0.39 is 41.8 Å². The Morgan fingerprint density at radius 1 is 1.07 bits per heavy atom. The fraction of sp³-hybridized carbons (Fsp3) is 0.444. The zero-order valence-electron chi connectivity index (χ0n) is 23.1. The van der Waals surface area contributed by atoms with Gasteiger partial charge < -0.3 is 31.2 Å². The molecule has 12 nitrogen and oxygen atoms in total. The predicted octanol–water partition coefficient (Wildman–Crippen LogP) is 1.16. The minimum Gasteiger partial charge on any atom is -0.490 e. The monoisotopic (exact) mass is 578 g/mol. The van der Waals surface area contributed by atoms with E-state index in [1.165, 1.54) is 20.1 Å². The van der Waals surface area contributed by atoms with Crippen molar-refractivity contribution in [3.8, 4) is 5.75 Å². The van der Waals surface area contributed by atoms with Gasteiger partial charge in [0.25, 0.3) is 0 Å². The minimum atomic E-state index is -1.06. The lowest BCUT2D eigenvalue weighted by Crippen LogP contribution is -2.56. The van der Waals surface area contributed by atoms with Gasteiger partial charge in [-0.1, -0.05) is 24.8 Å². The van der Waals surface area contributed by atoms with Gasteiger partial charge in [0.2, 0.25) is 23.7 Å². The fourth-order valence-electron chi connectivity index (χ4n) is 3.68. The first kappa shape index (κ1) is 34.0. The summed E-state index contributed by atoms with van der Waals surface area (Å²) in [5, 5.41) is 7.95. The van der Waals surface area contributed by atoms with E-state index in [9.17, 15) is 19.2 Å². The molecular weight excluding hydrogens is 540 g/mol. The molecule has 0 saturated carbocycles. The highest BCUT2D eigenvalue weighted by Gasteiger charge is 2.29. The summed E-state index contributed by atoms with van der Waals surface area (Å²) in [5.74, 6) is -1.61. The molecule has 0 saturated heterocycles. The molecule has 3 atom stereocenters. The smallest absolute Gasteiger partial charge is 0.328 e. The van der Waals surface area contributed by atoms with Gasteiger partial charge in [0.1, 0.15) is 30.5 Å². The molecule has 220 valence electrons. The van der Waals surface area contributed by atoms with Crippen LogP contribution in [0.2, 0.25) is 0 Å². The largest absolute Gasteiger partial charge is 0.490 e. The van der Waals surface area contributed by atoms with Gasteiger partial charge in [-0.3, -0.25) is 24.2 Å². The number of nitrogens with two attached hydrogens (primary N) is 1. The molecule has 0 aliphatic rings. The maximum absolute atomic E-state index is 13.4. The first-order chi connectivity index (χ1) is 19.1. The molecule has 13 heteroatoms.